The van der Waals surface area contributed by atoms with Gasteiger partial charge in [0.15, 0.2) is 0 Å². The van der Waals surface area contributed by atoms with Crippen molar-refractivity contribution in [1.82, 2.24) is 0 Å². The van der Waals surface area contributed by atoms with Crippen LogP contribution in [-0.2, 0) is 0 Å². The molecule has 0 saturated heterocycles. The Morgan fingerprint density at radius 3 is 2.63 bits per heavy atom. The Balaban J connectivity index is 2.96. The van der Waals surface area contributed by atoms with Gasteiger partial charge >= 0.3 is 0 Å². The summed E-state index contributed by atoms with van der Waals surface area (Å²) < 4.78 is 0. The highest BCUT2D eigenvalue weighted by atomic mass is 32.2. The molecule has 0 aliphatic carbocycles. The number of nitriles is 2. The molecule has 0 saturated carbocycles. The number of unbranched alkanes of at least 4 members (excludes halogenated alkanes) is 2. The second-order valence-corrected chi connectivity index (χ2v) is 5.34. The van der Waals surface area contributed by atoms with Gasteiger partial charge in [-0.3, -0.25) is 0 Å². The van der Waals surface area contributed by atoms with Crippen LogP contribution in [0.3, 0.4) is 0 Å². The minimum Gasteiger partial charge on any atom is -0.192 e. The van der Waals surface area contributed by atoms with Gasteiger partial charge in [-0.1, -0.05) is 50.6 Å². The molecular formula is C16H18N2S. The summed E-state index contributed by atoms with van der Waals surface area (Å²) in [6, 6.07) is 9.65. The van der Waals surface area contributed by atoms with Crippen LogP contribution in [-0.4, -0.2) is 0 Å². The van der Waals surface area contributed by atoms with Crippen molar-refractivity contribution in [3.05, 3.63) is 40.3 Å². The second-order valence-electron chi connectivity index (χ2n) is 4.17. The van der Waals surface area contributed by atoms with Crippen LogP contribution in [0.25, 0.3) is 0 Å². The maximum atomic E-state index is 9.20. The number of rotatable bonds is 6. The topological polar surface area (TPSA) is 47.6 Å². The molecule has 19 heavy (non-hydrogen) atoms. The molecule has 2 nitrogen and oxygen atoms in total. The first-order valence-electron chi connectivity index (χ1n) is 6.56. The molecular weight excluding hydrogens is 252 g/mol. The maximum absolute atomic E-state index is 9.20. The van der Waals surface area contributed by atoms with Crippen LogP contribution >= 0.6 is 11.8 Å². The number of benzene rings is 1. The summed E-state index contributed by atoms with van der Waals surface area (Å²) in [7, 11) is 0. The third kappa shape index (κ3) is 4.47. The molecule has 0 amide bonds. The van der Waals surface area contributed by atoms with Crippen molar-refractivity contribution in [3.8, 4) is 12.1 Å². The van der Waals surface area contributed by atoms with Crippen molar-refractivity contribution in [2.24, 2.45) is 0 Å². The molecule has 0 aromatic heterocycles. The van der Waals surface area contributed by atoms with Crippen LogP contribution in [0.2, 0.25) is 0 Å². The molecule has 0 atom stereocenters. The smallest absolute Gasteiger partial charge is 0.102 e. The molecule has 98 valence electrons. The van der Waals surface area contributed by atoms with Crippen molar-refractivity contribution in [3.63, 3.8) is 0 Å². The van der Waals surface area contributed by atoms with E-state index in [0.29, 0.717) is 11.1 Å². The van der Waals surface area contributed by atoms with E-state index in [1.165, 1.54) is 17.7 Å². The Labute approximate surface area is 119 Å². The Morgan fingerprint density at radius 1 is 1.26 bits per heavy atom. The highest BCUT2D eigenvalue weighted by molar-refractivity contribution is 8.03. The lowest BCUT2D eigenvalue weighted by atomic mass is 10.1. The van der Waals surface area contributed by atoms with E-state index in [2.05, 4.69) is 32.1 Å². The standard InChI is InChI=1S/C16H18N2S/c1-3-5-6-9-14(4-2)19-16-10-7-8-13(11-17)15(16)12-18/h7-10H,3-6H2,1-2H3/b14-9-. The molecule has 0 aliphatic rings. The molecule has 0 N–H and O–H groups in total. The summed E-state index contributed by atoms with van der Waals surface area (Å²) in [5.74, 6) is 0. The predicted octanol–water partition coefficient (Wildman–Crippen LogP) is 5.01. The molecule has 0 fully saturated rings. The summed E-state index contributed by atoms with van der Waals surface area (Å²) in [5, 5.41) is 18.2. The summed E-state index contributed by atoms with van der Waals surface area (Å²) in [4.78, 5) is 2.14. The second kappa shape index (κ2) is 8.40. The number of nitrogens with zero attached hydrogens (tertiary/aromatic N) is 2. The monoisotopic (exact) mass is 270 g/mol. The molecule has 0 radical (unpaired) electrons. The minimum atomic E-state index is 0.455. The van der Waals surface area contributed by atoms with Crippen molar-refractivity contribution in [2.75, 3.05) is 0 Å². The zero-order chi connectivity index (χ0) is 14.1. The van der Waals surface area contributed by atoms with Crippen LogP contribution in [0, 0.1) is 22.7 Å². The van der Waals surface area contributed by atoms with E-state index in [9.17, 15) is 5.26 Å². The Morgan fingerprint density at radius 2 is 2.05 bits per heavy atom. The number of thioether (sulfide) groups is 1. The highest BCUT2D eigenvalue weighted by Crippen LogP contribution is 2.32. The van der Waals surface area contributed by atoms with E-state index in [4.69, 9.17) is 5.26 Å². The molecule has 0 bridgehead atoms. The van der Waals surface area contributed by atoms with E-state index in [1.54, 1.807) is 17.8 Å². The van der Waals surface area contributed by atoms with E-state index in [1.807, 2.05) is 12.1 Å². The van der Waals surface area contributed by atoms with Crippen molar-refractivity contribution in [1.29, 1.82) is 10.5 Å². The normalized spacial score (nSPS) is 10.8. The van der Waals surface area contributed by atoms with Gasteiger partial charge < -0.3 is 0 Å². The highest BCUT2D eigenvalue weighted by Gasteiger charge is 2.09. The van der Waals surface area contributed by atoms with Gasteiger partial charge in [0, 0.05) is 4.90 Å². The minimum absolute atomic E-state index is 0.455. The summed E-state index contributed by atoms with van der Waals surface area (Å²) in [6.45, 7) is 4.29. The largest absolute Gasteiger partial charge is 0.192 e. The van der Waals surface area contributed by atoms with Crippen LogP contribution in [0.1, 0.15) is 50.7 Å². The molecule has 0 spiro atoms. The van der Waals surface area contributed by atoms with E-state index < -0.39 is 0 Å². The lowest BCUT2D eigenvalue weighted by Crippen LogP contribution is -1.88. The fourth-order valence-electron chi connectivity index (χ4n) is 1.69. The first-order chi connectivity index (χ1) is 9.26. The number of hydrogen-bond donors (Lipinski definition) is 0. The summed E-state index contributed by atoms with van der Waals surface area (Å²) in [6.07, 6.45) is 6.65. The molecule has 0 unspecified atom stereocenters. The first kappa shape index (κ1) is 15.3. The van der Waals surface area contributed by atoms with Crippen LogP contribution < -0.4 is 0 Å². The quantitative estimate of drug-likeness (QED) is 0.539. The van der Waals surface area contributed by atoms with Gasteiger partial charge in [-0.25, -0.2) is 0 Å². The Hall–Kier alpha value is -1.71. The van der Waals surface area contributed by atoms with Gasteiger partial charge in [0.2, 0.25) is 0 Å². The van der Waals surface area contributed by atoms with Gasteiger partial charge in [-0.15, -0.1) is 0 Å². The van der Waals surface area contributed by atoms with Crippen LogP contribution in [0.5, 0.6) is 0 Å². The van der Waals surface area contributed by atoms with Crippen molar-refractivity contribution >= 4 is 11.8 Å². The number of allylic oxidation sites excluding steroid dienone is 2. The molecule has 1 aromatic carbocycles. The lowest BCUT2D eigenvalue weighted by molar-refractivity contribution is 0.811. The zero-order valence-electron chi connectivity index (χ0n) is 11.4. The molecule has 3 heteroatoms. The summed E-state index contributed by atoms with van der Waals surface area (Å²) in [5.41, 5.74) is 0.946. The summed E-state index contributed by atoms with van der Waals surface area (Å²) >= 11 is 1.61. The van der Waals surface area contributed by atoms with Gasteiger partial charge in [0.05, 0.1) is 11.1 Å². The average molecular weight is 270 g/mol. The molecule has 0 heterocycles. The maximum Gasteiger partial charge on any atom is 0.102 e. The lowest BCUT2D eigenvalue weighted by Gasteiger charge is -2.07. The Kier molecular flexibility index (Phi) is 6.79. The molecule has 0 aliphatic heterocycles. The van der Waals surface area contributed by atoms with Crippen molar-refractivity contribution in [2.45, 2.75) is 44.4 Å². The average Bonchev–Trinajstić information content (AvgIpc) is 2.45. The molecule has 1 aromatic rings. The van der Waals surface area contributed by atoms with Crippen LogP contribution in [0.15, 0.2) is 34.1 Å². The third-order valence-corrected chi connectivity index (χ3v) is 4.06. The SMILES string of the molecule is CCCC/C=C(/CC)Sc1cccc(C#N)c1C#N. The van der Waals surface area contributed by atoms with Gasteiger partial charge in [0.1, 0.15) is 12.1 Å². The number of hydrogen-bond acceptors (Lipinski definition) is 3. The van der Waals surface area contributed by atoms with E-state index >= 15 is 0 Å². The van der Waals surface area contributed by atoms with Gasteiger partial charge in [-0.2, -0.15) is 10.5 Å². The van der Waals surface area contributed by atoms with Crippen LogP contribution in [0.4, 0.5) is 0 Å². The van der Waals surface area contributed by atoms with Gasteiger partial charge in [-0.05, 0) is 29.9 Å². The van der Waals surface area contributed by atoms with Crippen molar-refractivity contribution < 1.29 is 0 Å². The Bertz CT molecular complexity index is 533. The van der Waals surface area contributed by atoms with E-state index in [0.717, 1.165) is 17.7 Å². The van der Waals surface area contributed by atoms with Gasteiger partial charge in [0.25, 0.3) is 0 Å². The fraction of sp³-hybridized carbons (Fsp3) is 0.375. The first-order valence-corrected chi connectivity index (χ1v) is 7.38. The predicted molar refractivity (Wildman–Crippen MR) is 79.6 cm³/mol. The zero-order valence-corrected chi connectivity index (χ0v) is 12.3. The van der Waals surface area contributed by atoms with E-state index in [-0.39, 0.29) is 0 Å². The fourth-order valence-corrected chi connectivity index (χ4v) is 2.72. The molecule has 1 rings (SSSR count). The third-order valence-electron chi connectivity index (χ3n) is 2.78.